The monoisotopic (exact) mass is 218 g/mol. The standard InChI is InChI=1S/C12H14N2O2/c1-16-12(15)14-8-5-10(6-9-14)11-4-2-3-7-13-11/h2-5,7H,6,8-9H2,1H3. The number of rotatable bonds is 1. The molecule has 2 rings (SSSR count). The molecule has 0 atom stereocenters. The first-order valence-corrected chi connectivity index (χ1v) is 5.24. The Morgan fingerprint density at radius 1 is 1.50 bits per heavy atom. The third kappa shape index (κ3) is 2.21. The zero-order valence-corrected chi connectivity index (χ0v) is 9.22. The van der Waals surface area contributed by atoms with Crippen molar-refractivity contribution in [2.75, 3.05) is 20.2 Å². The Bertz CT molecular complexity index is 401. The molecular weight excluding hydrogens is 204 g/mol. The van der Waals surface area contributed by atoms with Crippen molar-refractivity contribution in [1.29, 1.82) is 0 Å². The van der Waals surface area contributed by atoms with Crippen LogP contribution in [-0.4, -0.2) is 36.2 Å². The van der Waals surface area contributed by atoms with Crippen molar-refractivity contribution < 1.29 is 9.53 Å². The van der Waals surface area contributed by atoms with Crippen molar-refractivity contribution in [3.05, 3.63) is 36.2 Å². The van der Waals surface area contributed by atoms with E-state index in [1.807, 2.05) is 24.3 Å². The van der Waals surface area contributed by atoms with Gasteiger partial charge in [0.15, 0.2) is 0 Å². The molecule has 4 heteroatoms. The molecule has 0 N–H and O–H groups in total. The van der Waals surface area contributed by atoms with Gasteiger partial charge in [0.25, 0.3) is 0 Å². The lowest BCUT2D eigenvalue weighted by Crippen LogP contribution is -2.34. The maximum absolute atomic E-state index is 11.3. The van der Waals surface area contributed by atoms with Crippen molar-refractivity contribution in [2.24, 2.45) is 0 Å². The summed E-state index contributed by atoms with van der Waals surface area (Å²) >= 11 is 0. The molecule has 0 spiro atoms. The van der Waals surface area contributed by atoms with Crippen LogP contribution in [0, 0.1) is 0 Å². The summed E-state index contributed by atoms with van der Waals surface area (Å²) in [6, 6.07) is 5.85. The van der Waals surface area contributed by atoms with E-state index in [9.17, 15) is 4.79 Å². The highest BCUT2D eigenvalue weighted by Gasteiger charge is 2.18. The number of methoxy groups -OCH3 is 1. The number of hydrogen-bond donors (Lipinski definition) is 0. The van der Waals surface area contributed by atoms with Crippen LogP contribution in [0.15, 0.2) is 30.5 Å². The number of carbonyl (C=O) groups excluding carboxylic acids is 1. The molecule has 16 heavy (non-hydrogen) atoms. The topological polar surface area (TPSA) is 42.4 Å². The maximum atomic E-state index is 11.3. The van der Waals surface area contributed by atoms with Gasteiger partial charge in [-0.3, -0.25) is 4.98 Å². The molecule has 0 saturated heterocycles. The van der Waals surface area contributed by atoms with E-state index in [-0.39, 0.29) is 6.09 Å². The van der Waals surface area contributed by atoms with Crippen molar-refractivity contribution >= 4 is 11.7 Å². The predicted octanol–water partition coefficient (Wildman–Crippen LogP) is 1.94. The second kappa shape index (κ2) is 4.79. The van der Waals surface area contributed by atoms with Crippen LogP contribution in [0.4, 0.5) is 4.79 Å². The predicted molar refractivity (Wildman–Crippen MR) is 60.8 cm³/mol. The van der Waals surface area contributed by atoms with Crippen LogP contribution in [-0.2, 0) is 4.74 Å². The molecule has 1 aromatic heterocycles. The molecule has 1 aromatic rings. The van der Waals surface area contributed by atoms with Crippen LogP contribution in [0.25, 0.3) is 5.57 Å². The molecule has 0 aliphatic carbocycles. The molecule has 2 heterocycles. The van der Waals surface area contributed by atoms with Crippen LogP contribution in [0.2, 0.25) is 0 Å². The van der Waals surface area contributed by atoms with Crippen LogP contribution in [0.3, 0.4) is 0 Å². The molecule has 0 saturated carbocycles. The third-order valence-corrected chi connectivity index (χ3v) is 2.64. The number of ether oxygens (including phenoxy) is 1. The van der Waals surface area contributed by atoms with Gasteiger partial charge < -0.3 is 9.64 Å². The summed E-state index contributed by atoms with van der Waals surface area (Å²) in [5, 5.41) is 0. The Hall–Kier alpha value is -1.84. The molecule has 1 aliphatic rings. The van der Waals surface area contributed by atoms with E-state index >= 15 is 0 Å². The Kier molecular flexibility index (Phi) is 3.19. The van der Waals surface area contributed by atoms with E-state index < -0.39 is 0 Å². The van der Waals surface area contributed by atoms with Gasteiger partial charge in [-0.1, -0.05) is 12.1 Å². The lowest BCUT2D eigenvalue weighted by atomic mass is 10.0. The van der Waals surface area contributed by atoms with Crippen molar-refractivity contribution in [3.63, 3.8) is 0 Å². The molecule has 1 aliphatic heterocycles. The minimum absolute atomic E-state index is 0.267. The fourth-order valence-electron chi connectivity index (χ4n) is 1.75. The molecule has 0 fully saturated rings. The zero-order valence-electron chi connectivity index (χ0n) is 9.22. The second-order valence-electron chi connectivity index (χ2n) is 3.61. The third-order valence-electron chi connectivity index (χ3n) is 2.64. The van der Waals surface area contributed by atoms with Gasteiger partial charge in [-0.2, -0.15) is 0 Å². The van der Waals surface area contributed by atoms with Gasteiger partial charge in [0.2, 0.25) is 0 Å². The number of carbonyl (C=O) groups is 1. The number of pyridine rings is 1. The van der Waals surface area contributed by atoms with Crippen LogP contribution < -0.4 is 0 Å². The van der Waals surface area contributed by atoms with Crippen LogP contribution in [0.5, 0.6) is 0 Å². The Labute approximate surface area is 94.5 Å². The van der Waals surface area contributed by atoms with E-state index in [0.29, 0.717) is 13.1 Å². The number of aromatic nitrogens is 1. The largest absolute Gasteiger partial charge is 0.453 e. The quantitative estimate of drug-likeness (QED) is 0.723. The first kappa shape index (κ1) is 10.7. The number of amides is 1. The molecule has 84 valence electrons. The molecule has 0 unspecified atom stereocenters. The highest BCUT2D eigenvalue weighted by atomic mass is 16.5. The fourth-order valence-corrected chi connectivity index (χ4v) is 1.75. The van der Waals surface area contributed by atoms with Gasteiger partial charge in [-0.05, 0) is 24.1 Å². The van der Waals surface area contributed by atoms with Gasteiger partial charge in [-0.15, -0.1) is 0 Å². The molecular formula is C12H14N2O2. The van der Waals surface area contributed by atoms with E-state index in [1.165, 1.54) is 12.7 Å². The summed E-state index contributed by atoms with van der Waals surface area (Å²) < 4.78 is 4.67. The first-order chi connectivity index (χ1) is 7.81. The Morgan fingerprint density at radius 2 is 2.38 bits per heavy atom. The van der Waals surface area contributed by atoms with E-state index in [1.54, 1.807) is 11.1 Å². The molecule has 4 nitrogen and oxygen atoms in total. The van der Waals surface area contributed by atoms with Crippen molar-refractivity contribution in [1.82, 2.24) is 9.88 Å². The van der Waals surface area contributed by atoms with Gasteiger partial charge in [0.1, 0.15) is 0 Å². The van der Waals surface area contributed by atoms with Gasteiger partial charge in [0.05, 0.1) is 12.8 Å². The lowest BCUT2D eigenvalue weighted by Gasteiger charge is -2.24. The lowest BCUT2D eigenvalue weighted by molar-refractivity contribution is 0.128. The summed E-state index contributed by atoms with van der Waals surface area (Å²) in [4.78, 5) is 17.2. The molecule has 0 radical (unpaired) electrons. The summed E-state index contributed by atoms with van der Waals surface area (Å²) in [6.45, 7) is 1.29. The zero-order chi connectivity index (χ0) is 11.4. The molecule has 0 bridgehead atoms. The maximum Gasteiger partial charge on any atom is 0.409 e. The summed E-state index contributed by atoms with van der Waals surface area (Å²) in [6.07, 6.45) is 4.37. The average Bonchev–Trinajstić information content (AvgIpc) is 2.39. The average molecular weight is 218 g/mol. The van der Waals surface area contributed by atoms with Crippen LogP contribution in [0.1, 0.15) is 12.1 Å². The van der Waals surface area contributed by atoms with Crippen molar-refractivity contribution in [2.45, 2.75) is 6.42 Å². The van der Waals surface area contributed by atoms with Gasteiger partial charge in [-0.25, -0.2) is 4.79 Å². The minimum atomic E-state index is -0.267. The molecule has 1 amide bonds. The van der Waals surface area contributed by atoms with Gasteiger partial charge >= 0.3 is 6.09 Å². The number of hydrogen-bond acceptors (Lipinski definition) is 3. The number of nitrogens with zero attached hydrogens (tertiary/aromatic N) is 2. The first-order valence-electron chi connectivity index (χ1n) is 5.24. The minimum Gasteiger partial charge on any atom is -0.453 e. The molecule has 0 aromatic carbocycles. The summed E-state index contributed by atoms with van der Waals surface area (Å²) in [5.41, 5.74) is 2.19. The second-order valence-corrected chi connectivity index (χ2v) is 3.61. The van der Waals surface area contributed by atoms with E-state index in [4.69, 9.17) is 0 Å². The SMILES string of the molecule is COC(=O)N1CC=C(c2ccccn2)CC1. The van der Waals surface area contributed by atoms with Gasteiger partial charge in [0, 0.05) is 19.3 Å². The summed E-state index contributed by atoms with van der Waals surface area (Å²) in [7, 11) is 1.40. The highest BCUT2D eigenvalue weighted by Crippen LogP contribution is 2.20. The van der Waals surface area contributed by atoms with E-state index in [0.717, 1.165) is 12.1 Å². The normalized spacial score (nSPS) is 15.6. The van der Waals surface area contributed by atoms with Crippen LogP contribution >= 0.6 is 0 Å². The van der Waals surface area contributed by atoms with Crippen molar-refractivity contribution in [3.8, 4) is 0 Å². The Balaban J connectivity index is 2.07. The smallest absolute Gasteiger partial charge is 0.409 e. The highest BCUT2D eigenvalue weighted by molar-refractivity contribution is 5.71. The van der Waals surface area contributed by atoms with E-state index in [2.05, 4.69) is 9.72 Å². The fraction of sp³-hybridized carbons (Fsp3) is 0.333. The summed E-state index contributed by atoms with van der Waals surface area (Å²) in [5.74, 6) is 0. The Morgan fingerprint density at radius 3 is 2.94 bits per heavy atom.